The molecule has 0 spiro atoms. The van der Waals surface area contributed by atoms with E-state index in [9.17, 15) is 9.90 Å². The van der Waals surface area contributed by atoms with E-state index >= 15 is 0 Å². The molecule has 1 aromatic rings. The first-order chi connectivity index (χ1) is 15.1. The van der Waals surface area contributed by atoms with E-state index in [-0.39, 0.29) is 12.5 Å². The van der Waals surface area contributed by atoms with Gasteiger partial charge in [-0.25, -0.2) is 9.97 Å². The maximum atomic E-state index is 12.5. The van der Waals surface area contributed by atoms with E-state index in [2.05, 4.69) is 43.0 Å². The number of hydrogen-bond acceptors (Lipinski definition) is 7. The zero-order valence-electron chi connectivity index (χ0n) is 18.9. The van der Waals surface area contributed by atoms with E-state index in [4.69, 9.17) is 0 Å². The largest absolute Gasteiger partial charge is 0.396 e. The third kappa shape index (κ3) is 6.07. The minimum Gasteiger partial charge on any atom is -0.396 e. The number of hydrogen-bond donors (Lipinski definition) is 2. The number of nitrogens with one attached hydrogen (secondary N) is 1. The van der Waals surface area contributed by atoms with E-state index in [1.54, 1.807) is 6.33 Å². The van der Waals surface area contributed by atoms with Gasteiger partial charge in [-0.3, -0.25) is 9.69 Å². The summed E-state index contributed by atoms with van der Waals surface area (Å²) in [5.41, 5.74) is 0. The summed E-state index contributed by atoms with van der Waals surface area (Å²) in [5.74, 6) is 3.13. The number of aliphatic hydroxyl groups is 1. The number of rotatable bonds is 6. The molecule has 3 aliphatic rings. The van der Waals surface area contributed by atoms with Crippen molar-refractivity contribution in [3.63, 3.8) is 0 Å². The molecule has 1 aromatic heterocycles. The molecule has 4 rings (SSSR count). The van der Waals surface area contributed by atoms with Crippen LogP contribution in [0.5, 0.6) is 0 Å². The first-order valence-corrected chi connectivity index (χ1v) is 12.0. The van der Waals surface area contributed by atoms with Gasteiger partial charge >= 0.3 is 0 Å². The second kappa shape index (κ2) is 10.6. The fraction of sp³-hybridized carbons (Fsp3) is 0.783. The lowest BCUT2D eigenvalue weighted by molar-refractivity contribution is -0.123. The topological polar surface area (TPSA) is 84.8 Å². The molecule has 3 fully saturated rings. The SMILES string of the molecule is CC1CCCC(NC(=O)CN2CCN(c3cc(N4CCCC(CO)C4)ncn3)CC2)C1. The van der Waals surface area contributed by atoms with Crippen molar-refractivity contribution in [2.24, 2.45) is 11.8 Å². The number of aromatic nitrogens is 2. The van der Waals surface area contributed by atoms with Gasteiger partial charge in [0, 0.05) is 58.0 Å². The Bertz CT molecular complexity index is 724. The summed E-state index contributed by atoms with van der Waals surface area (Å²) in [7, 11) is 0. The number of piperidine rings is 1. The van der Waals surface area contributed by atoms with Crippen LogP contribution in [0.3, 0.4) is 0 Å². The Morgan fingerprint density at radius 1 is 1.06 bits per heavy atom. The second-order valence-corrected chi connectivity index (χ2v) is 9.67. The number of amides is 1. The number of piperazine rings is 1. The minimum atomic E-state index is 0.167. The normalized spacial score (nSPS) is 27.9. The van der Waals surface area contributed by atoms with Crippen molar-refractivity contribution in [3.8, 4) is 0 Å². The fourth-order valence-electron chi connectivity index (χ4n) is 5.28. The van der Waals surface area contributed by atoms with Crippen LogP contribution in [0.2, 0.25) is 0 Å². The lowest BCUT2D eigenvalue weighted by Crippen LogP contribution is -2.51. The van der Waals surface area contributed by atoms with Gasteiger partial charge in [-0.2, -0.15) is 0 Å². The van der Waals surface area contributed by atoms with E-state index in [1.807, 2.05) is 0 Å². The summed E-state index contributed by atoms with van der Waals surface area (Å²) in [6.45, 7) is 8.31. The third-order valence-electron chi connectivity index (χ3n) is 7.10. The number of nitrogens with zero attached hydrogens (tertiary/aromatic N) is 5. The molecule has 0 aromatic carbocycles. The molecule has 8 nitrogen and oxygen atoms in total. The Kier molecular flexibility index (Phi) is 7.61. The molecule has 2 saturated heterocycles. The van der Waals surface area contributed by atoms with Crippen molar-refractivity contribution in [3.05, 3.63) is 12.4 Å². The average Bonchev–Trinajstić information content (AvgIpc) is 2.79. The fourth-order valence-corrected chi connectivity index (χ4v) is 5.28. The summed E-state index contributed by atoms with van der Waals surface area (Å²) in [4.78, 5) is 28.3. The van der Waals surface area contributed by atoms with Crippen molar-refractivity contribution in [1.29, 1.82) is 0 Å². The van der Waals surface area contributed by atoms with Crippen LogP contribution in [-0.4, -0.2) is 84.3 Å². The lowest BCUT2D eigenvalue weighted by Gasteiger charge is -2.36. The van der Waals surface area contributed by atoms with Crippen molar-refractivity contribution in [1.82, 2.24) is 20.2 Å². The van der Waals surface area contributed by atoms with Gasteiger partial charge in [0.05, 0.1) is 6.54 Å². The smallest absolute Gasteiger partial charge is 0.234 e. The van der Waals surface area contributed by atoms with E-state index in [0.717, 1.165) is 82.5 Å². The zero-order chi connectivity index (χ0) is 21.6. The van der Waals surface area contributed by atoms with Gasteiger partial charge in [0.2, 0.25) is 5.91 Å². The van der Waals surface area contributed by atoms with Gasteiger partial charge < -0.3 is 20.2 Å². The third-order valence-corrected chi connectivity index (χ3v) is 7.10. The summed E-state index contributed by atoms with van der Waals surface area (Å²) < 4.78 is 0. The number of carbonyl (C=O) groups excluding carboxylic acids is 1. The van der Waals surface area contributed by atoms with Crippen LogP contribution >= 0.6 is 0 Å². The van der Waals surface area contributed by atoms with Crippen LogP contribution in [0.25, 0.3) is 0 Å². The van der Waals surface area contributed by atoms with Gasteiger partial charge in [-0.15, -0.1) is 0 Å². The Morgan fingerprint density at radius 2 is 1.84 bits per heavy atom. The van der Waals surface area contributed by atoms with E-state index < -0.39 is 0 Å². The highest BCUT2D eigenvalue weighted by Crippen LogP contribution is 2.25. The van der Waals surface area contributed by atoms with Gasteiger partial charge in [0.1, 0.15) is 18.0 Å². The zero-order valence-corrected chi connectivity index (χ0v) is 18.9. The van der Waals surface area contributed by atoms with Gasteiger partial charge in [0.25, 0.3) is 0 Å². The summed E-state index contributed by atoms with van der Waals surface area (Å²) >= 11 is 0. The quantitative estimate of drug-likeness (QED) is 0.707. The Balaban J connectivity index is 1.25. The minimum absolute atomic E-state index is 0.167. The van der Waals surface area contributed by atoms with Crippen LogP contribution < -0.4 is 15.1 Å². The van der Waals surface area contributed by atoms with Crippen molar-refractivity contribution in [2.45, 2.75) is 51.5 Å². The van der Waals surface area contributed by atoms with E-state index in [0.29, 0.717) is 18.5 Å². The number of aliphatic hydroxyl groups excluding tert-OH is 1. The molecule has 3 atom stereocenters. The van der Waals surface area contributed by atoms with Gasteiger partial charge in [-0.05, 0) is 37.5 Å². The van der Waals surface area contributed by atoms with Crippen LogP contribution in [-0.2, 0) is 4.79 Å². The van der Waals surface area contributed by atoms with Crippen molar-refractivity contribution >= 4 is 17.5 Å². The van der Waals surface area contributed by atoms with Crippen molar-refractivity contribution < 1.29 is 9.90 Å². The molecule has 2 N–H and O–H groups in total. The molecular weight excluding hydrogens is 392 g/mol. The molecule has 3 unspecified atom stereocenters. The molecule has 3 heterocycles. The molecule has 8 heteroatoms. The highest BCUT2D eigenvalue weighted by atomic mass is 16.3. The predicted molar refractivity (Wildman–Crippen MR) is 122 cm³/mol. The molecule has 1 amide bonds. The van der Waals surface area contributed by atoms with Crippen LogP contribution in [0, 0.1) is 11.8 Å². The second-order valence-electron chi connectivity index (χ2n) is 9.67. The maximum Gasteiger partial charge on any atom is 0.234 e. The first-order valence-electron chi connectivity index (χ1n) is 12.0. The van der Waals surface area contributed by atoms with Gasteiger partial charge in [0.15, 0.2) is 0 Å². The monoisotopic (exact) mass is 430 g/mol. The molecule has 31 heavy (non-hydrogen) atoms. The standard InChI is InChI=1S/C23H38N6O2/c1-18-4-2-6-20(12-18)26-23(31)15-27-8-10-28(11-9-27)21-13-22(25-17-24-21)29-7-3-5-19(14-29)16-30/h13,17-20,30H,2-12,14-16H2,1H3,(H,26,31). The summed E-state index contributed by atoms with van der Waals surface area (Å²) in [6.07, 6.45) is 8.58. The lowest BCUT2D eigenvalue weighted by atomic mass is 9.87. The average molecular weight is 431 g/mol. The highest BCUT2D eigenvalue weighted by molar-refractivity contribution is 5.78. The molecule has 1 saturated carbocycles. The molecule has 0 bridgehead atoms. The van der Waals surface area contributed by atoms with Crippen molar-refractivity contribution in [2.75, 3.05) is 62.2 Å². The first kappa shape index (κ1) is 22.3. The summed E-state index contributed by atoms with van der Waals surface area (Å²) in [6, 6.07) is 2.43. The number of anilines is 2. The van der Waals surface area contributed by atoms with Crippen LogP contribution in [0.1, 0.15) is 45.4 Å². The van der Waals surface area contributed by atoms with E-state index in [1.165, 1.54) is 12.8 Å². The maximum absolute atomic E-state index is 12.5. The van der Waals surface area contributed by atoms with Crippen LogP contribution in [0.4, 0.5) is 11.6 Å². The van der Waals surface area contributed by atoms with Crippen LogP contribution in [0.15, 0.2) is 12.4 Å². The molecule has 2 aliphatic heterocycles. The molecule has 0 radical (unpaired) electrons. The number of carbonyl (C=O) groups is 1. The van der Waals surface area contributed by atoms with Gasteiger partial charge in [-0.1, -0.05) is 19.8 Å². The summed E-state index contributed by atoms with van der Waals surface area (Å²) in [5, 5.41) is 12.8. The predicted octanol–water partition coefficient (Wildman–Crippen LogP) is 1.50. The Morgan fingerprint density at radius 3 is 2.58 bits per heavy atom. The Hall–Kier alpha value is -1.93. The highest BCUT2D eigenvalue weighted by Gasteiger charge is 2.25. The molecular formula is C23H38N6O2. The molecule has 1 aliphatic carbocycles. The molecule has 172 valence electrons. The Labute approximate surface area is 186 Å².